The SMILES string of the molecule is COc1cc(N2CCOCC2)ccc1Nc1ncnc2[nH]c3c(c12)CC(C(=O)NCCCS(C)(=O)=O)CC3.CS(=O)(=O)CCCNC(=O)C1CCc2[nH]c3ncnc(Cl)c3c2C1. The van der Waals surface area contributed by atoms with Crippen LogP contribution in [0.3, 0.4) is 0 Å². The van der Waals surface area contributed by atoms with Crippen molar-refractivity contribution < 1.29 is 35.9 Å². The zero-order chi connectivity index (χ0) is 44.0. The summed E-state index contributed by atoms with van der Waals surface area (Å²) in [5, 5.41) is 11.2. The highest BCUT2D eigenvalue weighted by molar-refractivity contribution is 7.90. The molecule has 62 heavy (non-hydrogen) atoms. The lowest BCUT2D eigenvalue weighted by Gasteiger charge is -2.29. The Bertz CT molecular complexity index is 2650. The summed E-state index contributed by atoms with van der Waals surface area (Å²) in [4.78, 5) is 51.3. The number of sulfone groups is 2. The van der Waals surface area contributed by atoms with E-state index in [-0.39, 0.29) is 35.2 Å². The minimum atomic E-state index is -3.04. The molecule has 1 aromatic carbocycles. The van der Waals surface area contributed by atoms with Crippen molar-refractivity contribution in [1.82, 2.24) is 40.5 Å². The Labute approximate surface area is 365 Å². The number of rotatable bonds is 14. The average molecular weight is 914 g/mol. The van der Waals surface area contributed by atoms with Gasteiger partial charge in [0.2, 0.25) is 11.8 Å². The molecule has 5 aromatic rings. The zero-order valence-corrected chi connectivity index (χ0v) is 37.4. The Balaban J connectivity index is 0.000000207. The number of aromatic nitrogens is 6. The number of hydrogen-bond acceptors (Lipinski definition) is 14. The fourth-order valence-electron chi connectivity index (χ4n) is 8.29. The van der Waals surface area contributed by atoms with Crippen molar-refractivity contribution in [3.63, 3.8) is 0 Å². The summed E-state index contributed by atoms with van der Waals surface area (Å²) < 4.78 is 56.1. The number of morpholine rings is 1. The molecule has 334 valence electrons. The summed E-state index contributed by atoms with van der Waals surface area (Å²) in [5.41, 5.74) is 7.48. The number of ether oxygens (including phenoxy) is 2. The van der Waals surface area contributed by atoms with E-state index in [2.05, 4.69) is 56.8 Å². The number of amides is 2. The molecule has 0 bridgehead atoms. The van der Waals surface area contributed by atoms with E-state index in [4.69, 9.17) is 21.1 Å². The second-order valence-electron chi connectivity index (χ2n) is 16.0. The molecule has 2 aliphatic carbocycles. The lowest BCUT2D eigenvalue weighted by molar-refractivity contribution is -0.126. The number of aromatic amines is 2. The van der Waals surface area contributed by atoms with Gasteiger partial charge in [0.15, 0.2) is 0 Å². The van der Waals surface area contributed by atoms with Gasteiger partial charge >= 0.3 is 0 Å². The Morgan fingerprint density at radius 2 is 1.37 bits per heavy atom. The molecule has 2 amide bonds. The lowest BCUT2D eigenvalue weighted by Crippen LogP contribution is -2.36. The van der Waals surface area contributed by atoms with Gasteiger partial charge in [-0.1, -0.05) is 11.6 Å². The maximum Gasteiger partial charge on any atom is 0.223 e. The van der Waals surface area contributed by atoms with Crippen LogP contribution in [0.2, 0.25) is 5.15 Å². The molecule has 2 unspecified atom stereocenters. The van der Waals surface area contributed by atoms with E-state index < -0.39 is 19.7 Å². The number of nitrogens with zero attached hydrogens (tertiary/aromatic N) is 5. The van der Waals surface area contributed by atoms with Crippen LogP contribution in [0.15, 0.2) is 30.9 Å². The molecule has 3 aliphatic rings. The summed E-state index contributed by atoms with van der Waals surface area (Å²) in [5.74, 6) is 1.06. The molecule has 0 saturated carbocycles. The fourth-order valence-corrected chi connectivity index (χ4v) is 9.88. The van der Waals surface area contributed by atoms with Crippen molar-refractivity contribution in [2.24, 2.45) is 11.8 Å². The van der Waals surface area contributed by atoms with Gasteiger partial charge in [-0.05, 0) is 74.6 Å². The highest BCUT2D eigenvalue weighted by Gasteiger charge is 2.30. The Hall–Kier alpha value is -5.05. The Morgan fingerprint density at radius 3 is 1.94 bits per heavy atom. The monoisotopic (exact) mass is 912 g/mol. The van der Waals surface area contributed by atoms with Crippen LogP contribution in [0, 0.1) is 11.8 Å². The quantitative estimate of drug-likeness (QED) is 0.0792. The Kier molecular flexibility index (Phi) is 14.2. The van der Waals surface area contributed by atoms with Gasteiger partial charge in [-0.2, -0.15) is 0 Å². The van der Waals surface area contributed by atoms with Gasteiger partial charge in [0.1, 0.15) is 60.3 Å². The second-order valence-corrected chi connectivity index (χ2v) is 20.9. The largest absolute Gasteiger partial charge is 0.494 e. The van der Waals surface area contributed by atoms with Crippen molar-refractivity contribution in [2.45, 2.75) is 51.4 Å². The van der Waals surface area contributed by atoms with Crippen LogP contribution < -0.4 is 25.6 Å². The normalized spacial score (nSPS) is 17.7. The molecule has 5 heterocycles. The first kappa shape index (κ1) is 45.0. The number of benzene rings is 1. The number of aryl methyl sites for hydroxylation is 2. The van der Waals surface area contributed by atoms with Crippen LogP contribution in [0.25, 0.3) is 22.1 Å². The molecule has 5 N–H and O–H groups in total. The number of hydrogen-bond donors (Lipinski definition) is 5. The van der Waals surface area contributed by atoms with E-state index >= 15 is 0 Å². The highest BCUT2D eigenvalue weighted by atomic mass is 35.5. The van der Waals surface area contributed by atoms with Crippen LogP contribution >= 0.6 is 11.6 Å². The van der Waals surface area contributed by atoms with Crippen LogP contribution in [0.5, 0.6) is 5.75 Å². The third kappa shape index (κ3) is 11.1. The molecular formula is C41H53ClN10O8S2. The van der Waals surface area contributed by atoms with Crippen molar-refractivity contribution >= 4 is 82.3 Å². The molecule has 21 heteroatoms. The van der Waals surface area contributed by atoms with E-state index in [1.807, 2.05) is 12.1 Å². The minimum absolute atomic E-state index is 0.0449. The average Bonchev–Trinajstić information content (AvgIpc) is 3.82. The van der Waals surface area contributed by atoms with Crippen LogP contribution in [-0.2, 0) is 59.7 Å². The number of anilines is 3. The number of H-pyrrole nitrogens is 2. The van der Waals surface area contributed by atoms with Crippen molar-refractivity contribution in [2.75, 3.05) is 80.7 Å². The first-order valence-corrected chi connectivity index (χ1v) is 25.2. The van der Waals surface area contributed by atoms with Crippen molar-refractivity contribution in [3.8, 4) is 5.75 Å². The molecular weight excluding hydrogens is 860 g/mol. The second kappa shape index (κ2) is 19.6. The molecule has 4 aromatic heterocycles. The van der Waals surface area contributed by atoms with E-state index in [0.717, 1.165) is 82.7 Å². The standard InChI is InChI=1S/C26H34N6O5S.C15H19ClN4O3S/c1-36-22-15-18(32-9-11-37-12-10-32)5-7-21(22)31-25-23-19-14-17(26(33)27-8-3-13-38(2,34)35)4-6-20(19)30-24(23)28-16-29-25;1-24(22,23)6-2-5-17-15(21)9-3-4-11-10(7-9)12-13(16)18-8-19-14(12)20-11/h5,7,15-17H,3-4,6,8-14H2,1-2H3,(H,27,33)(H2,28,29,30,31);8-9H,2-7H2,1H3,(H,17,21)(H,18,19,20). The molecule has 1 saturated heterocycles. The minimum Gasteiger partial charge on any atom is -0.494 e. The summed E-state index contributed by atoms with van der Waals surface area (Å²) in [6, 6.07) is 6.07. The highest BCUT2D eigenvalue weighted by Crippen LogP contribution is 2.38. The number of fused-ring (bicyclic) bond motifs is 6. The van der Waals surface area contributed by atoms with Gasteiger partial charge in [0, 0.05) is 73.7 Å². The molecule has 8 rings (SSSR count). The number of nitrogens with one attached hydrogen (secondary N) is 5. The third-order valence-electron chi connectivity index (χ3n) is 11.4. The first-order chi connectivity index (χ1) is 29.7. The van der Waals surface area contributed by atoms with Crippen LogP contribution in [0.4, 0.5) is 17.2 Å². The molecule has 1 aliphatic heterocycles. The predicted molar refractivity (Wildman–Crippen MR) is 238 cm³/mol. The van der Waals surface area contributed by atoms with Crippen molar-refractivity contribution in [1.29, 1.82) is 0 Å². The van der Waals surface area contributed by atoms with Crippen LogP contribution in [-0.4, -0.2) is 129 Å². The number of methoxy groups -OCH3 is 1. The van der Waals surface area contributed by atoms with Crippen molar-refractivity contribution in [3.05, 3.63) is 58.5 Å². The Morgan fingerprint density at radius 1 is 0.823 bits per heavy atom. The summed E-state index contributed by atoms with van der Waals surface area (Å²) in [7, 11) is -4.38. The molecule has 18 nitrogen and oxygen atoms in total. The maximum atomic E-state index is 12.9. The van der Waals surface area contributed by atoms with Gasteiger partial charge in [0.05, 0.1) is 48.3 Å². The number of halogens is 1. The number of carbonyl (C=O) groups is 2. The van der Waals surface area contributed by atoms with E-state index in [9.17, 15) is 26.4 Å². The molecule has 2 atom stereocenters. The first-order valence-electron chi connectivity index (χ1n) is 20.7. The van der Waals surface area contributed by atoms with E-state index in [1.165, 1.54) is 25.2 Å². The third-order valence-corrected chi connectivity index (χ3v) is 13.8. The summed E-state index contributed by atoms with van der Waals surface area (Å²) in [6.45, 7) is 3.81. The fraction of sp³-hybridized carbons (Fsp3) is 0.512. The molecule has 0 spiro atoms. The van der Waals surface area contributed by atoms with Gasteiger partial charge in [-0.25, -0.2) is 36.8 Å². The van der Waals surface area contributed by atoms with E-state index in [0.29, 0.717) is 80.8 Å². The predicted octanol–water partition coefficient (Wildman–Crippen LogP) is 3.47. The van der Waals surface area contributed by atoms with Gasteiger partial charge < -0.3 is 40.3 Å². The number of carbonyl (C=O) groups excluding carboxylic acids is 2. The van der Waals surface area contributed by atoms with Gasteiger partial charge in [-0.3, -0.25) is 9.59 Å². The summed E-state index contributed by atoms with van der Waals surface area (Å²) in [6.07, 6.45) is 10.2. The van der Waals surface area contributed by atoms with Gasteiger partial charge in [0.25, 0.3) is 0 Å². The zero-order valence-electron chi connectivity index (χ0n) is 35.1. The van der Waals surface area contributed by atoms with E-state index in [1.54, 1.807) is 7.11 Å². The topological polar surface area (TPSA) is 243 Å². The maximum absolute atomic E-state index is 12.9. The van der Waals surface area contributed by atoms with Gasteiger partial charge in [-0.15, -0.1) is 0 Å². The molecule has 0 radical (unpaired) electrons. The summed E-state index contributed by atoms with van der Waals surface area (Å²) >= 11 is 6.18. The smallest absolute Gasteiger partial charge is 0.223 e. The van der Waals surface area contributed by atoms with Crippen LogP contribution in [0.1, 0.15) is 48.2 Å². The lowest BCUT2D eigenvalue weighted by atomic mass is 9.86. The molecule has 1 fully saturated rings.